The molecular weight excluding hydrogens is 368 g/mol. The average Bonchev–Trinajstić information content (AvgIpc) is 2.67. The number of aromatic nitrogens is 2. The maximum Gasteiger partial charge on any atom is 0.234 e. The first kappa shape index (κ1) is 19.9. The molecule has 2 N–H and O–H groups in total. The lowest BCUT2D eigenvalue weighted by Crippen LogP contribution is -2.14. The maximum atomic E-state index is 12.3. The Morgan fingerprint density at radius 2 is 1.64 bits per heavy atom. The lowest BCUT2D eigenvalue weighted by Gasteiger charge is -2.16. The van der Waals surface area contributed by atoms with E-state index in [-0.39, 0.29) is 17.7 Å². The third-order valence-electron chi connectivity index (χ3n) is 4.12. The fraction of sp³-hybridized carbons (Fsp3) is 0.227. The minimum absolute atomic E-state index is 0.0824. The molecule has 1 atom stereocenters. The fourth-order valence-corrected chi connectivity index (χ4v) is 3.60. The van der Waals surface area contributed by atoms with E-state index >= 15 is 0 Å². The number of benzene rings is 2. The van der Waals surface area contributed by atoms with Gasteiger partial charge in [0.25, 0.3) is 0 Å². The number of rotatable bonds is 7. The van der Waals surface area contributed by atoms with E-state index in [4.69, 9.17) is 0 Å². The Morgan fingerprint density at radius 1 is 0.964 bits per heavy atom. The molecule has 144 valence electrons. The van der Waals surface area contributed by atoms with Gasteiger partial charge in [-0.05, 0) is 50.6 Å². The average molecular weight is 393 g/mol. The first-order valence-electron chi connectivity index (χ1n) is 9.16. The molecule has 3 rings (SSSR count). The van der Waals surface area contributed by atoms with Gasteiger partial charge in [0, 0.05) is 28.8 Å². The van der Waals surface area contributed by atoms with Gasteiger partial charge in [0.05, 0.1) is 5.75 Å². The molecule has 0 aliphatic rings. The van der Waals surface area contributed by atoms with Gasteiger partial charge in [-0.2, -0.15) is 0 Å². The Morgan fingerprint density at radius 3 is 2.36 bits per heavy atom. The number of anilines is 2. The molecule has 3 aromatic rings. The van der Waals surface area contributed by atoms with Gasteiger partial charge < -0.3 is 10.6 Å². The van der Waals surface area contributed by atoms with Gasteiger partial charge in [-0.3, -0.25) is 4.79 Å². The van der Waals surface area contributed by atoms with Crippen LogP contribution < -0.4 is 10.6 Å². The fourth-order valence-electron chi connectivity index (χ4n) is 2.85. The van der Waals surface area contributed by atoms with Crippen LogP contribution in [-0.4, -0.2) is 21.6 Å². The van der Waals surface area contributed by atoms with Gasteiger partial charge in [0.15, 0.2) is 5.16 Å². The van der Waals surface area contributed by atoms with Crippen LogP contribution in [-0.2, 0) is 4.79 Å². The normalized spacial score (nSPS) is 11.7. The lowest BCUT2D eigenvalue weighted by molar-refractivity contribution is -0.113. The molecule has 0 aliphatic heterocycles. The number of amides is 1. The molecule has 0 saturated carbocycles. The first-order valence-corrected chi connectivity index (χ1v) is 10.1. The smallest absolute Gasteiger partial charge is 0.234 e. The van der Waals surface area contributed by atoms with Crippen molar-refractivity contribution in [1.29, 1.82) is 0 Å². The summed E-state index contributed by atoms with van der Waals surface area (Å²) in [4.78, 5) is 21.0. The highest BCUT2D eigenvalue weighted by Crippen LogP contribution is 2.22. The second-order valence-electron chi connectivity index (χ2n) is 6.63. The molecule has 0 saturated heterocycles. The van der Waals surface area contributed by atoms with Crippen molar-refractivity contribution in [3.8, 4) is 0 Å². The molecule has 28 heavy (non-hydrogen) atoms. The summed E-state index contributed by atoms with van der Waals surface area (Å²) in [6.07, 6.45) is 0. The molecule has 1 amide bonds. The predicted octanol–water partition coefficient (Wildman–Crippen LogP) is 5.00. The first-order chi connectivity index (χ1) is 13.5. The number of nitrogens with zero attached hydrogens (tertiary/aromatic N) is 2. The number of hydrogen-bond acceptors (Lipinski definition) is 5. The SMILES string of the molecule is Cc1cc(C)nc(SCC(=O)Nc2cccc(NC(C)c3ccccc3)c2)n1. The minimum Gasteiger partial charge on any atom is -0.378 e. The van der Waals surface area contributed by atoms with Gasteiger partial charge >= 0.3 is 0 Å². The second-order valence-corrected chi connectivity index (χ2v) is 7.57. The van der Waals surface area contributed by atoms with E-state index in [1.54, 1.807) is 0 Å². The quantitative estimate of drug-likeness (QED) is 0.438. The summed E-state index contributed by atoms with van der Waals surface area (Å²) in [7, 11) is 0. The van der Waals surface area contributed by atoms with Crippen molar-refractivity contribution in [1.82, 2.24) is 9.97 Å². The molecule has 6 heteroatoms. The molecule has 5 nitrogen and oxygen atoms in total. The van der Waals surface area contributed by atoms with Gasteiger partial charge in [-0.15, -0.1) is 0 Å². The number of carbonyl (C=O) groups excluding carboxylic acids is 1. The molecule has 2 aromatic carbocycles. The molecule has 0 aliphatic carbocycles. The minimum atomic E-state index is -0.0824. The zero-order chi connectivity index (χ0) is 19.9. The van der Waals surface area contributed by atoms with Gasteiger partial charge in [0.1, 0.15) is 0 Å². The summed E-state index contributed by atoms with van der Waals surface area (Å²) in [5, 5.41) is 7.03. The monoisotopic (exact) mass is 392 g/mol. The van der Waals surface area contributed by atoms with Crippen LogP contribution in [0.2, 0.25) is 0 Å². The number of aryl methyl sites for hydroxylation is 2. The number of thioether (sulfide) groups is 1. The third kappa shape index (κ3) is 5.82. The molecule has 0 bridgehead atoms. The van der Waals surface area contributed by atoms with E-state index in [2.05, 4.69) is 39.7 Å². The topological polar surface area (TPSA) is 66.9 Å². The predicted molar refractivity (Wildman–Crippen MR) is 116 cm³/mol. The Bertz CT molecular complexity index is 926. The largest absolute Gasteiger partial charge is 0.378 e. The molecule has 0 fully saturated rings. The second kappa shape index (κ2) is 9.37. The van der Waals surface area contributed by atoms with Crippen LogP contribution in [0.5, 0.6) is 0 Å². The van der Waals surface area contributed by atoms with Crippen LogP contribution in [0, 0.1) is 13.8 Å². The van der Waals surface area contributed by atoms with Crippen LogP contribution >= 0.6 is 11.8 Å². The number of nitrogens with one attached hydrogen (secondary N) is 2. The standard InChI is InChI=1S/C22H24N4OS/c1-15-12-16(2)24-22(23-15)28-14-21(27)26-20-11-7-10-19(13-20)25-17(3)18-8-5-4-6-9-18/h4-13,17,25H,14H2,1-3H3,(H,26,27). The number of carbonyl (C=O) groups is 1. The van der Waals surface area contributed by atoms with Crippen LogP contribution in [0.25, 0.3) is 0 Å². The molecule has 0 spiro atoms. The van der Waals surface area contributed by atoms with Crippen LogP contribution in [0.3, 0.4) is 0 Å². The van der Waals surface area contributed by atoms with E-state index in [1.165, 1.54) is 17.3 Å². The van der Waals surface area contributed by atoms with Crippen molar-refractivity contribution in [2.24, 2.45) is 0 Å². The molecule has 1 unspecified atom stereocenters. The highest BCUT2D eigenvalue weighted by Gasteiger charge is 2.08. The van der Waals surface area contributed by atoms with Gasteiger partial charge in [0.2, 0.25) is 5.91 Å². The van der Waals surface area contributed by atoms with Crippen LogP contribution in [0.15, 0.2) is 65.8 Å². The summed E-state index contributed by atoms with van der Waals surface area (Å²) in [5.74, 6) is 0.182. The summed E-state index contributed by atoms with van der Waals surface area (Å²) < 4.78 is 0. The van der Waals surface area contributed by atoms with Crippen molar-refractivity contribution in [2.45, 2.75) is 32.0 Å². The molecular formula is C22H24N4OS. The van der Waals surface area contributed by atoms with Crippen molar-refractivity contribution in [3.05, 3.63) is 77.6 Å². The lowest BCUT2D eigenvalue weighted by atomic mass is 10.1. The van der Waals surface area contributed by atoms with E-state index in [9.17, 15) is 4.79 Å². The van der Waals surface area contributed by atoms with Crippen LogP contribution in [0.4, 0.5) is 11.4 Å². The Labute approximate surface area is 170 Å². The number of hydrogen-bond donors (Lipinski definition) is 2. The third-order valence-corrected chi connectivity index (χ3v) is 4.97. The Kier molecular flexibility index (Phi) is 6.66. The Hall–Kier alpha value is -2.86. The van der Waals surface area contributed by atoms with Crippen molar-refractivity contribution < 1.29 is 4.79 Å². The van der Waals surface area contributed by atoms with E-state index in [1.807, 2.05) is 62.4 Å². The highest BCUT2D eigenvalue weighted by atomic mass is 32.2. The maximum absolute atomic E-state index is 12.3. The van der Waals surface area contributed by atoms with Crippen molar-refractivity contribution in [2.75, 3.05) is 16.4 Å². The molecule has 0 radical (unpaired) electrons. The Balaban J connectivity index is 1.57. The van der Waals surface area contributed by atoms with Gasteiger partial charge in [-0.25, -0.2) is 9.97 Å². The van der Waals surface area contributed by atoms with Gasteiger partial charge in [-0.1, -0.05) is 48.2 Å². The van der Waals surface area contributed by atoms with Crippen molar-refractivity contribution in [3.63, 3.8) is 0 Å². The zero-order valence-electron chi connectivity index (χ0n) is 16.3. The summed E-state index contributed by atoms with van der Waals surface area (Å²) in [6.45, 7) is 5.96. The molecule has 1 aromatic heterocycles. The summed E-state index contributed by atoms with van der Waals surface area (Å²) >= 11 is 1.34. The van der Waals surface area contributed by atoms with E-state index < -0.39 is 0 Å². The molecule has 1 heterocycles. The van der Waals surface area contributed by atoms with E-state index in [0.717, 1.165) is 22.8 Å². The summed E-state index contributed by atoms with van der Waals surface area (Å²) in [6, 6.07) is 20.1. The highest BCUT2D eigenvalue weighted by molar-refractivity contribution is 7.99. The van der Waals surface area contributed by atoms with Crippen molar-refractivity contribution >= 4 is 29.0 Å². The zero-order valence-corrected chi connectivity index (χ0v) is 17.1. The summed E-state index contributed by atoms with van der Waals surface area (Å²) in [5.41, 5.74) is 4.74. The van der Waals surface area contributed by atoms with Crippen LogP contribution in [0.1, 0.15) is 29.9 Å². The van der Waals surface area contributed by atoms with E-state index in [0.29, 0.717) is 5.16 Å².